The fraction of sp³-hybridized carbons (Fsp3) is 0.636. The van der Waals surface area contributed by atoms with Crippen LogP contribution in [0, 0.1) is 0 Å². The predicted molar refractivity (Wildman–Crippen MR) is 64.2 cm³/mol. The lowest BCUT2D eigenvalue weighted by atomic mass is 9.94. The molecule has 1 fully saturated rings. The summed E-state index contributed by atoms with van der Waals surface area (Å²) in [5.74, 6) is -0.970. The highest BCUT2D eigenvalue weighted by Gasteiger charge is 2.27. The van der Waals surface area contributed by atoms with E-state index in [1.54, 1.807) is 5.38 Å². The zero-order valence-electron chi connectivity index (χ0n) is 9.72. The highest BCUT2D eigenvalue weighted by molar-refractivity contribution is 7.11. The molecule has 0 saturated carbocycles. The van der Waals surface area contributed by atoms with E-state index in [-0.39, 0.29) is 5.01 Å². The summed E-state index contributed by atoms with van der Waals surface area (Å²) in [6, 6.07) is 0. The average Bonchev–Trinajstić information content (AvgIpc) is 2.70. The van der Waals surface area contributed by atoms with Crippen LogP contribution < -0.4 is 0 Å². The first-order chi connectivity index (χ1) is 7.96. The van der Waals surface area contributed by atoms with Gasteiger partial charge in [-0.2, -0.15) is 0 Å². The Morgan fingerprint density at radius 1 is 1.59 bits per heavy atom. The van der Waals surface area contributed by atoms with Crippen molar-refractivity contribution in [1.29, 1.82) is 0 Å². The molecule has 1 aliphatic heterocycles. The molecule has 0 atom stereocenters. The molecule has 0 radical (unpaired) electrons. The van der Waals surface area contributed by atoms with Crippen molar-refractivity contribution in [2.45, 2.75) is 31.9 Å². The van der Waals surface area contributed by atoms with Crippen LogP contribution in [0.5, 0.6) is 0 Å². The second-order valence-electron chi connectivity index (χ2n) is 4.72. The third-order valence-electron chi connectivity index (χ3n) is 3.05. The van der Waals surface area contributed by atoms with Crippen LogP contribution in [0.2, 0.25) is 0 Å². The summed E-state index contributed by atoms with van der Waals surface area (Å²) in [5, 5.41) is 20.5. The molecule has 0 amide bonds. The van der Waals surface area contributed by atoms with Gasteiger partial charge < -0.3 is 10.2 Å². The molecule has 94 valence electrons. The molecule has 1 aliphatic rings. The Kier molecular flexibility index (Phi) is 3.46. The third kappa shape index (κ3) is 3.24. The lowest BCUT2D eigenvalue weighted by Crippen LogP contribution is -2.42. The van der Waals surface area contributed by atoms with E-state index in [4.69, 9.17) is 5.11 Å². The minimum Gasteiger partial charge on any atom is -0.476 e. The zero-order chi connectivity index (χ0) is 12.5. The second kappa shape index (κ2) is 4.72. The van der Waals surface area contributed by atoms with Crippen molar-refractivity contribution in [2.75, 3.05) is 13.1 Å². The highest BCUT2D eigenvalue weighted by atomic mass is 32.1. The summed E-state index contributed by atoms with van der Waals surface area (Å²) in [6.07, 6.45) is 1.51. The van der Waals surface area contributed by atoms with E-state index in [1.165, 1.54) is 0 Å². The van der Waals surface area contributed by atoms with E-state index in [9.17, 15) is 9.90 Å². The molecular weight excluding hydrogens is 240 g/mol. The number of hydrogen-bond acceptors (Lipinski definition) is 5. The summed E-state index contributed by atoms with van der Waals surface area (Å²) in [4.78, 5) is 16.9. The molecule has 17 heavy (non-hydrogen) atoms. The van der Waals surface area contributed by atoms with Gasteiger partial charge in [0.1, 0.15) is 0 Å². The molecule has 1 aromatic heterocycles. The van der Waals surface area contributed by atoms with Gasteiger partial charge in [0.05, 0.1) is 11.3 Å². The van der Waals surface area contributed by atoms with E-state index in [2.05, 4.69) is 9.88 Å². The topological polar surface area (TPSA) is 73.7 Å². The molecule has 1 saturated heterocycles. The Hall–Kier alpha value is -0.980. The minimum atomic E-state index is -0.970. The van der Waals surface area contributed by atoms with Crippen LogP contribution >= 0.6 is 11.3 Å². The van der Waals surface area contributed by atoms with E-state index in [1.807, 2.05) is 6.92 Å². The van der Waals surface area contributed by atoms with Crippen LogP contribution in [-0.2, 0) is 6.54 Å². The molecule has 0 unspecified atom stereocenters. The van der Waals surface area contributed by atoms with Crippen molar-refractivity contribution >= 4 is 17.3 Å². The van der Waals surface area contributed by atoms with Gasteiger partial charge in [-0.1, -0.05) is 0 Å². The summed E-state index contributed by atoms with van der Waals surface area (Å²) in [7, 11) is 0. The maximum atomic E-state index is 10.7. The normalized spacial score (nSPS) is 20.4. The van der Waals surface area contributed by atoms with Gasteiger partial charge in [0, 0.05) is 25.0 Å². The molecule has 0 aromatic carbocycles. The number of carboxylic acids is 1. The molecule has 2 heterocycles. The monoisotopic (exact) mass is 256 g/mol. The van der Waals surface area contributed by atoms with Crippen molar-refractivity contribution in [3.05, 3.63) is 16.1 Å². The van der Waals surface area contributed by atoms with Gasteiger partial charge in [-0.15, -0.1) is 11.3 Å². The number of aliphatic hydroxyl groups is 1. The summed E-state index contributed by atoms with van der Waals surface area (Å²) in [6.45, 7) is 4.18. The van der Waals surface area contributed by atoms with Crippen LogP contribution in [0.4, 0.5) is 0 Å². The smallest absolute Gasteiger partial charge is 0.365 e. The number of nitrogens with zero attached hydrogens (tertiary/aromatic N) is 2. The van der Waals surface area contributed by atoms with E-state index < -0.39 is 11.6 Å². The van der Waals surface area contributed by atoms with Crippen LogP contribution in [0.1, 0.15) is 35.3 Å². The molecule has 0 aliphatic carbocycles. The summed E-state index contributed by atoms with van der Waals surface area (Å²) in [5.41, 5.74) is 0.249. The van der Waals surface area contributed by atoms with Crippen molar-refractivity contribution in [3.8, 4) is 0 Å². The number of likely N-dealkylation sites (tertiary alicyclic amines) is 1. The molecule has 0 bridgehead atoms. The van der Waals surface area contributed by atoms with Crippen LogP contribution in [0.3, 0.4) is 0 Å². The number of thiazole rings is 1. The first-order valence-corrected chi connectivity index (χ1v) is 6.47. The SMILES string of the molecule is CC1(O)CCN(Cc2csc(C(=O)O)n2)CC1. The Morgan fingerprint density at radius 3 is 2.76 bits per heavy atom. The van der Waals surface area contributed by atoms with Gasteiger partial charge in [-0.3, -0.25) is 4.90 Å². The number of hydrogen-bond donors (Lipinski definition) is 2. The van der Waals surface area contributed by atoms with Crippen molar-refractivity contribution in [3.63, 3.8) is 0 Å². The molecule has 2 rings (SSSR count). The highest BCUT2D eigenvalue weighted by Crippen LogP contribution is 2.22. The largest absolute Gasteiger partial charge is 0.476 e. The van der Waals surface area contributed by atoms with Gasteiger partial charge in [-0.25, -0.2) is 9.78 Å². The van der Waals surface area contributed by atoms with Crippen molar-refractivity contribution in [2.24, 2.45) is 0 Å². The second-order valence-corrected chi connectivity index (χ2v) is 5.58. The van der Waals surface area contributed by atoms with Crippen LogP contribution in [0.25, 0.3) is 0 Å². The Balaban J connectivity index is 1.91. The van der Waals surface area contributed by atoms with Crippen molar-refractivity contribution in [1.82, 2.24) is 9.88 Å². The third-order valence-corrected chi connectivity index (χ3v) is 3.93. The first kappa shape index (κ1) is 12.5. The number of aromatic nitrogens is 1. The quantitative estimate of drug-likeness (QED) is 0.849. The standard InChI is InChI=1S/C11H16N2O3S/c1-11(16)2-4-13(5-3-11)6-8-7-17-9(12-8)10(14)15/h7,16H,2-6H2,1H3,(H,14,15). The number of carboxylic acid groups (broad SMARTS) is 1. The van der Waals surface area contributed by atoms with E-state index in [0.29, 0.717) is 6.54 Å². The molecule has 6 heteroatoms. The van der Waals surface area contributed by atoms with E-state index >= 15 is 0 Å². The number of piperidine rings is 1. The molecule has 2 N–H and O–H groups in total. The zero-order valence-corrected chi connectivity index (χ0v) is 10.5. The fourth-order valence-electron chi connectivity index (χ4n) is 1.90. The predicted octanol–water partition coefficient (Wildman–Crippen LogP) is 1.19. The van der Waals surface area contributed by atoms with Gasteiger partial charge in [0.15, 0.2) is 0 Å². The number of rotatable bonds is 3. The minimum absolute atomic E-state index is 0.143. The molecule has 5 nitrogen and oxygen atoms in total. The van der Waals surface area contributed by atoms with Crippen LogP contribution in [0.15, 0.2) is 5.38 Å². The fourth-order valence-corrected chi connectivity index (χ4v) is 2.55. The van der Waals surface area contributed by atoms with E-state index in [0.717, 1.165) is 43.0 Å². The molecule has 0 spiro atoms. The van der Waals surface area contributed by atoms with Gasteiger partial charge in [-0.05, 0) is 19.8 Å². The van der Waals surface area contributed by atoms with Crippen molar-refractivity contribution < 1.29 is 15.0 Å². The van der Waals surface area contributed by atoms with Gasteiger partial charge >= 0.3 is 5.97 Å². The summed E-state index contributed by atoms with van der Waals surface area (Å²) >= 11 is 1.16. The average molecular weight is 256 g/mol. The van der Waals surface area contributed by atoms with Gasteiger partial charge in [0.25, 0.3) is 0 Å². The maximum absolute atomic E-state index is 10.7. The molecule has 1 aromatic rings. The maximum Gasteiger partial charge on any atom is 0.365 e. The number of aromatic carboxylic acids is 1. The Labute approximate surface area is 104 Å². The lowest BCUT2D eigenvalue weighted by Gasteiger charge is -2.35. The number of carbonyl (C=O) groups is 1. The van der Waals surface area contributed by atoms with Crippen LogP contribution in [-0.4, -0.2) is 44.8 Å². The van der Waals surface area contributed by atoms with Gasteiger partial charge in [0.2, 0.25) is 5.01 Å². The lowest BCUT2D eigenvalue weighted by molar-refractivity contribution is -0.00754. The molecular formula is C11H16N2O3S. The Bertz CT molecular complexity index is 407. The summed E-state index contributed by atoms with van der Waals surface area (Å²) < 4.78 is 0. The Morgan fingerprint density at radius 2 is 2.24 bits per heavy atom. The first-order valence-electron chi connectivity index (χ1n) is 5.59.